The first kappa shape index (κ1) is 15.8. The Morgan fingerprint density at radius 1 is 0.429 bits per heavy atom. The lowest BCUT2D eigenvalue weighted by Crippen LogP contribution is -2.50. The van der Waals surface area contributed by atoms with Crippen LogP contribution >= 0.6 is 0 Å². The van der Waals surface area contributed by atoms with Gasteiger partial charge < -0.3 is 0 Å². The van der Waals surface area contributed by atoms with E-state index in [0.29, 0.717) is 0 Å². The molecule has 2 unspecified atom stereocenters. The lowest BCUT2D eigenvalue weighted by molar-refractivity contribution is 0.0265. The van der Waals surface area contributed by atoms with Crippen LogP contribution in [0.3, 0.4) is 0 Å². The Balaban J connectivity index is 1.71. The van der Waals surface area contributed by atoms with E-state index in [1.54, 1.807) is 0 Å². The molecule has 0 aromatic heterocycles. The van der Waals surface area contributed by atoms with E-state index < -0.39 is 0 Å². The summed E-state index contributed by atoms with van der Waals surface area (Å²) >= 11 is 0. The van der Waals surface area contributed by atoms with Crippen LogP contribution in [0.25, 0.3) is 0 Å². The summed E-state index contributed by atoms with van der Waals surface area (Å²) in [6, 6.07) is 0.971. The third-order valence-electron chi connectivity index (χ3n) is 6.58. The standard InChI is InChI=1S/C20H37N/c1-2-4-7-12-18-14-9-6-10-16-21-17-11-15-19(20(18)21)13-8-5-3-1/h18-20H,1-17H2/t18?,19?,20-/m1/s1. The van der Waals surface area contributed by atoms with Gasteiger partial charge >= 0.3 is 0 Å². The summed E-state index contributed by atoms with van der Waals surface area (Å²) in [4.78, 5) is 2.95. The van der Waals surface area contributed by atoms with Crippen LogP contribution in [0, 0.1) is 11.8 Å². The topological polar surface area (TPSA) is 3.24 Å². The molecule has 0 radical (unpaired) electrons. The van der Waals surface area contributed by atoms with E-state index in [4.69, 9.17) is 0 Å². The molecule has 0 aromatic carbocycles. The van der Waals surface area contributed by atoms with E-state index in [0.717, 1.165) is 17.9 Å². The molecular formula is C20H37N. The van der Waals surface area contributed by atoms with Crippen molar-refractivity contribution in [3.63, 3.8) is 0 Å². The lowest BCUT2D eigenvalue weighted by atomic mass is 9.74. The molecule has 0 spiro atoms. The highest BCUT2D eigenvalue weighted by molar-refractivity contribution is 4.90. The predicted molar refractivity (Wildman–Crippen MR) is 91.6 cm³/mol. The summed E-state index contributed by atoms with van der Waals surface area (Å²) in [6.07, 6.45) is 22.7. The van der Waals surface area contributed by atoms with Gasteiger partial charge in [-0.15, -0.1) is 0 Å². The van der Waals surface area contributed by atoms with Gasteiger partial charge in [0, 0.05) is 6.04 Å². The highest BCUT2D eigenvalue weighted by atomic mass is 15.2. The van der Waals surface area contributed by atoms with Gasteiger partial charge in [-0.05, 0) is 63.5 Å². The van der Waals surface area contributed by atoms with Gasteiger partial charge in [-0.1, -0.05) is 57.8 Å². The molecule has 3 aliphatic rings. The highest BCUT2D eigenvalue weighted by Gasteiger charge is 2.36. The molecule has 0 bridgehead atoms. The molecule has 1 nitrogen and oxygen atoms in total. The zero-order chi connectivity index (χ0) is 14.3. The number of nitrogens with zero attached hydrogens (tertiary/aromatic N) is 1. The van der Waals surface area contributed by atoms with Crippen LogP contribution < -0.4 is 0 Å². The molecule has 0 N–H and O–H groups in total. The molecule has 1 aliphatic carbocycles. The minimum Gasteiger partial charge on any atom is -0.300 e. The molecule has 2 heterocycles. The van der Waals surface area contributed by atoms with Crippen molar-refractivity contribution in [3.8, 4) is 0 Å². The molecule has 1 heteroatoms. The number of rotatable bonds is 0. The maximum absolute atomic E-state index is 2.95. The Morgan fingerprint density at radius 3 is 1.48 bits per heavy atom. The normalized spacial score (nSPS) is 37.4. The zero-order valence-electron chi connectivity index (χ0n) is 14.2. The Hall–Kier alpha value is -0.0400. The molecule has 1 saturated carbocycles. The summed E-state index contributed by atoms with van der Waals surface area (Å²) < 4.78 is 0. The second-order valence-corrected chi connectivity index (χ2v) is 8.09. The van der Waals surface area contributed by atoms with Gasteiger partial charge in [-0.2, -0.15) is 0 Å². The van der Waals surface area contributed by atoms with Crippen molar-refractivity contribution in [2.45, 2.75) is 102 Å². The first-order valence-corrected chi connectivity index (χ1v) is 10.2. The van der Waals surface area contributed by atoms with Gasteiger partial charge in [-0.25, -0.2) is 0 Å². The predicted octanol–water partition coefficient (Wildman–Crippen LogP) is 5.78. The summed E-state index contributed by atoms with van der Waals surface area (Å²) in [5.74, 6) is 2.08. The van der Waals surface area contributed by atoms with Crippen molar-refractivity contribution in [1.82, 2.24) is 4.90 Å². The van der Waals surface area contributed by atoms with Crippen LogP contribution in [-0.4, -0.2) is 24.0 Å². The minimum absolute atomic E-state index is 0.971. The summed E-state index contributed by atoms with van der Waals surface area (Å²) in [7, 11) is 0. The first-order valence-electron chi connectivity index (χ1n) is 10.2. The van der Waals surface area contributed by atoms with Crippen LogP contribution in [0.4, 0.5) is 0 Å². The first-order chi connectivity index (χ1) is 10.4. The summed E-state index contributed by atoms with van der Waals surface area (Å²) in [5, 5.41) is 0. The molecule has 0 aromatic rings. The fraction of sp³-hybridized carbons (Fsp3) is 1.00. The average molecular weight is 292 g/mol. The van der Waals surface area contributed by atoms with E-state index >= 15 is 0 Å². The molecule has 2 saturated heterocycles. The van der Waals surface area contributed by atoms with Crippen LogP contribution in [0.5, 0.6) is 0 Å². The fourth-order valence-electron chi connectivity index (χ4n) is 5.51. The van der Waals surface area contributed by atoms with E-state index in [1.807, 2.05) is 0 Å². The molecule has 2 aliphatic heterocycles. The quantitative estimate of drug-likeness (QED) is 0.546. The van der Waals surface area contributed by atoms with Crippen molar-refractivity contribution < 1.29 is 0 Å². The smallest absolute Gasteiger partial charge is 0.0152 e. The monoisotopic (exact) mass is 291 g/mol. The molecule has 3 fully saturated rings. The Labute approximate surface area is 132 Å². The third-order valence-corrected chi connectivity index (χ3v) is 6.58. The zero-order valence-corrected chi connectivity index (χ0v) is 14.2. The molecule has 3 atom stereocenters. The fourth-order valence-corrected chi connectivity index (χ4v) is 5.51. The van der Waals surface area contributed by atoms with E-state index in [1.165, 1.54) is 109 Å². The Bertz CT molecular complexity index is 288. The van der Waals surface area contributed by atoms with Gasteiger partial charge in [0.05, 0.1) is 0 Å². The van der Waals surface area contributed by atoms with Gasteiger partial charge in [0.2, 0.25) is 0 Å². The highest BCUT2D eigenvalue weighted by Crippen LogP contribution is 2.38. The number of piperidine rings is 1. The SMILES string of the molecule is C1CCCCC2CCCCCN3CCCC(CCCC1)[C@@H]23. The van der Waals surface area contributed by atoms with Crippen LogP contribution in [0.2, 0.25) is 0 Å². The molecule has 122 valence electrons. The lowest BCUT2D eigenvalue weighted by Gasteiger charge is -2.47. The van der Waals surface area contributed by atoms with E-state index in [-0.39, 0.29) is 0 Å². The van der Waals surface area contributed by atoms with Gasteiger partial charge in [0.25, 0.3) is 0 Å². The second-order valence-electron chi connectivity index (χ2n) is 8.09. The molecule has 0 amide bonds. The van der Waals surface area contributed by atoms with Crippen LogP contribution in [-0.2, 0) is 0 Å². The van der Waals surface area contributed by atoms with Gasteiger partial charge in [-0.3, -0.25) is 4.90 Å². The third kappa shape index (κ3) is 4.47. The summed E-state index contributed by atoms with van der Waals surface area (Å²) in [6.45, 7) is 2.83. The number of hydrogen-bond acceptors (Lipinski definition) is 1. The van der Waals surface area contributed by atoms with Crippen LogP contribution in [0.1, 0.15) is 96.3 Å². The van der Waals surface area contributed by atoms with Crippen molar-refractivity contribution in [2.75, 3.05) is 13.1 Å². The van der Waals surface area contributed by atoms with Gasteiger partial charge in [0.1, 0.15) is 0 Å². The molecular weight excluding hydrogens is 254 g/mol. The Kier molecular flexibility index (Phi) is 6.45. The van der Waals surface area contributed by atoms with Crippen molar-refractivity contribution >= 4 is 0 Å². The molecule has 3 rings (SSSR count). The summed E-state index contributed by atoms with van der Waals surface area (Å²) in [5.41, 5.74) is 0. The van der Waals surface area contributed by atoms with Crippen molar-refractivity contribution in [3.05, 3.63) is 0 Å². The van der Waals surface area contributed by atoms with E-state index in [2.05, 4.69) is 4.90 Å². The maximum Gasteiger partial charge on any atom is 0.0152 e. The van der Waals surface area contributed by atoms with Crippen molar-refractivity contribution in [1.29, 1.82) is 0 Å². The Morgan fingerprint density at radius 2 is 0.857 bits per heavy atom. The van der Waals surface area contributed by atoms with Crippen LogP contribution in [0.15, 0.2) is 0 Å². The second kappa shape index (κ2) is 8.56. The average Bonchev–Trinajstić information content (AvgIpc) is 2.47. The minimum atomic E-state index is 0.971. The van der Waals surface area contributed by atoms with E-state index in [9.17, 15) is 0 Å². The maximum atomic E-state index is 2.95. The number of hydrogen-bond donors (Lipinski definition) is 0. The van der Waals surface area contributed by atoms with Gasteiger partial charge in [0.15, 0.2) is 0 Å². The largest absolute Gasteiger partial charge is 0.300 e. The van der Waals surface area contributed by atoms with Crippen molar-refractivity contribution in [2.24, 2.45) is 11.8 Å². The molecule has 21 heavy (non-hydrogen) atoms.